The monoisotopic (exact) mass is 325 g/mol. The van der Waals surface area contributed by atoms with Crippen LogP contribution in [0.1, 0.15) is 30.6 Å². The summed E-state index contributed by atoms with van der Waals surface area (Å²) in [4.78, 5) is 14.4. The number of hydrogen-bond donors (Lipinski definition) is 0. The number of morpholine rings is 1. The quantitative estimate of drug-likeness (QED) is 0.796. The van der Waals surface area contributed by atoms with Crippen molar-refractivity contribution in [3.8, 4) is 0 Å². The maximum atomic E-state index is 12.1. The maximum absolute atomic E-state index is 12.1. The zero-order valence-corrected chi connectivity index (χ0v) is 13.1. The minimum atomic E-state index is -0.100. The summed E-state index contributed by atoms with van der Waals surface area (Å²) in [5.74, 6) is 0.200. The standard InChI is InChI=1S/C15H20BrNO2/c1-15(2)11-17(8-9-19-15)7-6-14(18)12-4-3-5-13(16)10-12/h3-5,10H,6-9,11H2,1-2H3. The molecular formula is C15H20BrNO2. The zero-order valence-electron chi connectivity index (χ0n) is 11.5. The predicted molar refractivity (Wildman–Crippen MR) is 79.6 cm³/mol. The van der Waals surface area contributed by atoms with Crippen LogP contribution in [0.15, 0.2) is 28.7 Å². The van der Waals surface area contributed by atoms with Crippen LogP contribution in [-0.2, 0) is 4.74 Å². The molecule has 0 amide bonds. The van der Waals surface area contributed by atoms with Crippen LogP contribution in [0, 0.1) is 0 Å². The van der Waals surface area contributed by atoms with E-state index in [1.807, 2.05) is 24.3 Å². The summed E-state index contributed by atoms with van der Waals surface area (Å²) in [6, 6.07) is 7.58. The number of carbonyl (C=O) groups excluding carboxylic acids is 1. The molecule has 1 heterocycles. The van der Waals surface area contributed by atoms with Crippen molar-refractivity contribution in [3.63, 3.8) is 0 Å². The number of hydrogen-bond acceptors (Lipinski definition) is 3. The van der Waals surface area contributed by atoms with Crippen LogP contribution >= 0.6 is 15.9 Å². The lowest BCUT2D eigenvalue weighted by Gasteiger charge is -2.38. The minimum Gasteiger partial charge on any atom is -0.373 e. The Kier molecular flexibility index (Phi) is 4.76. The molecule has 0 saturated carbocycles. The average molecular weight is 326 g/mol. The molecule has 0 radical (unpaired) electrons. The largest absolute Gasteiger partial charge is 0.373 e. The van der Waals surface area contributed by atoms with E-state index in [1.54, 1.807) is 0 Å². The molecule has 0 aromatic heterocycles. The van der Waals surface area contributed by atoms with Crippen LogP contribution in [0.25, 0.3) is 0 Å². The number of nitrogens with zero attached hydrogens (tertiary/aromatic N) is 1. The molecular weight excluding hydrogens is 306 g/mol. The third-order valence-electron chi connectivity index (χ3n) is 3.31. The van der Waals surface area contributed by atoms with Crippen molar-refractivity contribution in [2.45, 2.75) is 25.9 Å². The van der Waals surface area contributed by atoms with Gasteiger partial charge >= 0.3 is 0 Å². The maximum Gasteiger partial charge on any atom is 0.164 e. The first-order valence-corrected chi connectivity index (χ1v) is 7.41. The number of rotatable bonds is 4. The molecule has 0 unspecified atom stereocenters. The van der Waals surface area contributed by atoms with E-state index in [2.05, 4.69) is 34.7 Å². The predicted octanol–water partition coefficient (Wildman–Crippen LogP) is 3.13. The molecule has 1 aromatic rings. The van der Waals surface area contributed by atoms with E-state index in [4.69, 9.17) is 4.74 Å². The van der Waals surface area contributed by atoms with Crippen molar-refractivity contribution in [2.24, 2.45) is 0 Å². The third-order valence-corrected chi connectivity index (χ3v) is 3.80. The van der Waals surface area contributed by atoms with E-state index in [1.165, 1.54) is 0 Å². The highest BCUT2D eigenvalue weighted by molar-refractivity contribution is 9.10. The molecule has 1 aromatic carbocycles. The van der Waals surface area contributed by atoms with Gasteiger partial charge < -0.3 is 4.74 Å². The first-order chi connectivity index (χ1) is 8.96. The smallest absolute Gasteiger partial charge is 0.164 e. The molecule has 19 heavy (non-hydrogen) atoms. The Morgan fingerprint density at radius 2 is 2.26 bits per heavy atom. The van der Waals surface area contributed by atoms with Crippen molar-refractivity contribution in [3.05, 3.63) is 34.3 Å². The first kappa shape index (κ1) is 14.7. The van der Waals surface area contributed by atoms with E-state index in [-0.39, 0.29) is 11.4 Å². The Bertz CT molecular complexity index is 459. The normalized spacial score (nSPS) is 19.3. The molecule has 0 N–H and O–H groups in total. The van der Waals surface area contributed by atoms with Crippen LogP contribution in [0.5, 0.6) is 0 Å². The molecule has 1 fully saturated rings. The van der Waals surface area contributed by atoms with Gasteiger partial charge in [0.1, 0.15) is 0 Å². The lowest BCUT2D eigenvalue weighted by Crippen LogP contribution is -2.48. The van der Waals surface area contributed by atoms with Gasteiger partial charge in [0, 0.05) is 36.1 Å². The fourth-order valence-electron chi connectivity index (χ4n) is 2.37. The van der Waals surface area contributed by atoms with E-state index in [0.717, 1.165) is 36.3 Å². The number of Topliss-reactive ketones (excluding diaryl/α,β-unsaturated/α-hetero) is 1. The number of ketones is 1. The van der Waals surface area contributed by atoms with E-state index in [9.17, 15) is 4.79 Å². The second-order valence-corrected chi connectivity index (χ2v) is 6.48. The van der Waals surface area contributed by atoms with Crippen LogP contribution in [0.2, 0.25) is 0 Å². The SMILES string of the molecule is CC1(C)CN(CCC(=O)c2cccc(Br)c2)CCO1. The second-order valence-electron chi connectivity index (χ2n) is 5.57. The van der Waals surface area contributed by atoms with Crippen molar-refractivity contribution < 1.29 is 9.53 Å². The molecule has 0 spiro atoms. The van der Waals surface area contributed by atoms with Crippen LogP contribution in [0.4, 0.5) is 0 Å². The number of carbonyl (C=O) groups is 1. The summed E-state index contributed by atoms with van der Waals surface area (Å²) in [7, 11) is 0. The van der Waals surface area contributed by atoms with Gasteiger partial charge in [0.05, 0.1) is 12.2 Å². The molecule has 2 rings (SSSR count). The summed E-state index contributed by atoms with van der Waals surface area (Å²) in [6.45, 7) is 7.54. The molecule has 104 valence electrons. The molecule has 4 heteroatoms. The van der Waals surface area contributed by atoms with E-state index < -0.39 is 0 Å². The van der Waals surface area contributed by atoms with Crippen molar-refractivity contribution in [1.82, 2.24) is 4.90 Å². The molecule has 0 atom stereocenters. The summed E-state index contributed by atoms with van der Waals surface area (Å²) < 4.78 is 6.62. The van der Waals surface area contributed by atoms with Gasteiger partial charge in [-0.25, -0.2) is 0 Å². The first-order valence-electron chi connectivity index (χ1n) is 6.61. The zero-order chi connectivity index (χ0) is 13.9. The van der Waals surface area contributed by atoms with Crippen LogP contribution in [0.3, 0.4) is 0 Å². The van der Waals surface area contributed by atoms with Gasteiger partial charge in [-0.2, -0.15) is 0 Å². The van der Waals surface area contributed by atoms with Gasteiger partial charge in [0.2, 0.25) is 0 Å². The molecule has 3 nitrogen and oxygen atoms in total. The average Bonchev–Trinajstić information content (AvgIpc) is 2.35. The highest BCUT2D eigenvalue weighted by Gasteiger charge is 2.27. The highest BCUT2D eigenvalue weighted by Crippen LogP contribution is 2.17. The highest BCUT2D eigenvalue weighted by atomic mass is 79.9. The van der Waals surface area contributed by atoms with Crippen molar-refractivity contribution in [2.75, 3.05) is 26.2 Å². The van der Waals surface area contributed by atoms with Gasteiger partial charge in [0.25, 0.3) is 0 Å². The fraction of sp³-hybridized carbons (Fsp3) is 0.533. The van der Waals surface area contributed by atoms with Crippen molar-refractivity contribution in [1.29, 1.82) is 0 Å². The number of benzene rings is 1. The topological polar surface area (TPSA) is 29.5 Å². The molecule has 0 bridgehead atoms. The summed E-state index contributed by atoms with van der Waals surface area (Å²) >= 11 is 3.39. The van der Waals surface area contributed by atoms with Crippen LogP contribution in [-0.4, -0.2) is 42.5 Å². The minimum absolute atomic E-state index is 0.100. The molecule has 0 aliphatic carbocycles. The van der Waals surface area contributed by atoms with Gasteiger partial charge in [-0.3, -0.25) is 9.69 Å². The molecule has 1 saturated heterocycles. The van der Waals surface area contributed by atoms with Gasteiger partial charge in [-0.05, 0) is 26.0 Å². The molecule has 1 aliphatic rings. The Balaban J connectivity index is 1.87. The van der Waals surface area contributed by atoms with Crippen molar-refractivity contribution >= 4 is 21.7 Å². The fourth-order valence-corrected chi connectivity index (χ4v) is 2.77. The molecule has 1 aliphatic heterocycles. The van der Waals surface area contributed by atoms with E-state index in [0.29, 0.717) is 6.42 Å². The summed E-state index contributed by atoms with van der Waals surface area (Å²) in [5.41, 5.74) is 0.679. The Labute approximate surface area is 123 Å². The number of ether oxygens (including phenoxy) is 1. The lowest BCUT2D eigenvalue weighted by molar-refractivity contribution is -0.0855. The third kappa shape index (κ3) is 4.41. The summed E-state index contributed by atoms with van der Waals surface area (Å²) in [5, 5.41) is 0. The Morgan fingerprint density at radius 1 is 1.47 bits per heavy atom. The van der Waals surface area contributed by atoms with E-state index >= 15 is 0 Å². The van der Waals surface area contributed by atoms with Gasteiger partial charge in [0.15, 0.2) is 5.78 Å². The summed E-state index contributed by atoms with van der Waals surface area (Å²) in [6.07, 6.45) is 0.562. The Hall–Kier alpha value is -0.710. The van der Waals surface area contributed by atoms with Gasteiger partial charge in [-0.1, -0.05) is 28.1 Å². The number of halogens is 1. The van der Waals surface area contributed by atoms with Gasteiger partial charge in [-0.15, -0.1) is 0 Å². The van der Waals surface area contributed by atoms with Crippen LogP contribution < -0.4 is 0 Å². The second kappa shape index (κ2) is 6.16. The Morgan fingerprint density at radius 3 is 2.95 bits per heavy atom. The lowest BCUT2D eigenvalue weighted by atomic mass is 10.1.